The molecule has 102 valence electrons. The van der Waals surface area contributed by atoms with E-state index in [1.165, 1.54) is 12.8 Å². The maximum Gasteiger partial charge on any atom is 0.0897 e. The van der Waals surface area contributed by atoms with Crippen molar-refractivity contribution in [3.05, 3.63) is 0 Å². The highest BCUT2D eigenvalue weighted by Gasteiger charge is 2.24. The van der Waals surface area contributed by atoms with Gasteiger partial charge in [-0.05, 0) is 38.0 Å². The van der Waals surface area contributed by atoms with E-state index >= 15 is 0 Å². The Morgan fingerprint density at radius 1 is 1.24 bits per heavy atom. The second kappa shape index (κ2) is 7.34. The molecule has 0 aliphatic heterocycles. The van der Waals surface area contributed by atoms with Crippen LogP contribution < -0.4 is 5.32 Å². The third kappa shape index (κ3) is 5.36. The van der Waals surface area contributed by atoms with Crippen LogP contribution in [0.5, 0.6) is 0 Å². The van der Waals surface area contributed by atoms with Crippen LogP contribution in [0.1, 0.15) is 52.9 Å². The van der Waals surface area contributed by atoms with Crippen molar-refractivity contribution in [2.24, 2.45) is 5.92 Å². The van der Waals surface area contributed by atoms with Crippen molar-refractivity contribution in [1.29, 1.82) is 0 Å². The molecule has 3 nitrogen and oxygen atoms in total. The minimum absolute atomic E-state index is 0.192. The van der Waals surface area contributed by atoms with Crippen molar-refractivity contribution >= 4 is 0 Å². The lowest BCUT2D eigenvalue weighted by molar-refractivity contribution is 0.0276. The van der Waals surface area contributed by atoms with Crippen LogP contribution >= 0.6 is 0 Å². The summed E-state index contributed by atoms with van der Waals surface area (Å²) in [7, 11) is 0. The van der Waals surface area contributed by atoms with E-state index < -0.39 is 0 Å². The highest BCUT2D eigenvalue weighted by atomic mass is 16.5. The van der Waals surface area contributed by atoms with Gasteiger partial charge in [0.1, 0.15) is 0 Å². The van der Waals surface area contributed by atoms with Gasteiger partial charge in [0.15, 0.2) is 0 Å². The molecule has 1 unspecified atom stereocenters. The Balaban J connectivity index is 2.13. The van der Waals surface area contributed by atoms with E-state index in [2.05, 4.69) is 26.1 Å². The molecule has 0 saturated heterocycles. The zero-order valence-electron chi connectivity index (χ0n) is 11.7. The molecule has 0 heterocycles. The van der Waals surface area contributed by atoms with Gasteiger partial charge in [-0.2, -0.15) is 0 Å². The van der Waals surface area contributed by atoms with Crippen molar-refractivity contribution in [3.63, 3.8) is 0 Å². The lowest BCUT2D eigenvalue weighted by Gasteiger charge is -2.33. The molecule has 1 atom stereocenters. The normalized spacial score (nSPS) is 18.4. The molecule has 1 saturated carbocycles. The van der Waals surface area contributed by atoms with Gasteiger partial charge in [-0.3, -0.25) is 0 Å². The summed E-state index contributed by atoms with van der Waals surface area (Å²) >= 11 is 0. The molecule has 1 rings (SSSR count). The Hall–Kier alpha value is -0.120. The Labute approximate surface area is 106 Å². The van der Waals surface area contributed by atoms with E-state index in [-0.39, 0.29) is 11.6 Å². The molecular weight excluding hydrogens is 214 g/mol. The molecule has 1 aliphatic carbocycles. The average molecular weight is 243 g/mol. The first-order chi connectivity index (χ1) is 8.15. The highest BCUT2D eigenvalue weighted by Crippen LogP contribution is 2.28. The summed E-state index contributed by atoms with van der Waals surface area (Å²) < 4.78 is 5.50. The summed E-state index contributed by atoms with van der Waals surface area (Å²) in [6.45, 7) is 8.55. The van der Waals surface area contributed by atoms with Gasteiger partial charge in [0.2, 0.25) is 0 Å². The smallest absolute Gasteiger partial charge is 0.0897 e. The molecule has 3 heteroatoms. The molecule has 1 aliphatic rings. The second-order valence-corrected chi connectivity index (χ2v) is 5.36. The fourth-order valence-corrected chi connectivity index (χ4v) is 2.17. The van der Waals surface area contributed by atoms with E-state index in [0.717, 1.165) is 31.8 Å². The molecular formula is C14H29NO2. The maximum atomic E-state index is 9.84. The number of rotatable bonds is 10. The standard InChI is InChI=1S/C14H29NO2/c1-4-14(5-2,6-3)15-9-13(16)11-17-10-12-7-8-12/h12-13,15-16H,4-11H2,1-3H3. The summed E-state index contributed by atoms with van der Waals surface area (Å²) in [5, 5.41) is 13.4. The van der Waals surface area contributed by atoms with Crippen LogP contribution in [0.15, 0.2) is 0 Å². The number of aliphatic hydroxyl groups is 1. The molecule has 0 aromatic carbocycles. The molecule has 0 bridgehead atoms. The van der Waals surface area contributed by atoms with Gasteiger partial charge in [-0.25, -0.2) is 0 Å². The van der Waals surface area contributed by atoms with Gasteiger partial charge in [0.25, 0.3) is 0 Å². The topological polar surface area (TPSA) is 41.5 Å². The lowest BCUT2D eigenvalue weighted by atomic mass is 9.90. The Bertz CT molecular complexity index is 192. The second-order valence-electron chi connectivity index (χ2n) is 5.36. The van der Waals surface area contributed by atoms with Crippen LogP contribution in [-0.2, 0) is 4.74 Å². The minimum Gasteiger partial charge on any atom is -0.389 e. The third-order valence-electron chi connectivity index (χ3n) is 4.10. The minimum atomic E-state index is -0.377. The predicted molar refractivity (Wildman–Crippen MR) is 71.2 cm³/mol. The van der Waals surface area contributed by atoms with Gasteiger partial charge < -0.3 is 15.2 Å². The van der Waals surface area contributed by atoms with Gasteiger partial charge in [0, 0.05) is 18.7 Å². The largest absolute Gasteiger partial charge is 0.389 e. The molecule has 1 fully saturated rings. The summed E-state index contributed by atoms with van der Waals surface area (Å²) in [4.78, 5) is 0. The number of ether oxygens (including phenoxy) is 1. The van der Waals surface area contributed by atoms with Crippen LogP contribution in [0.25, 0.3) is 0 Å². The lowest BCUT2D eigenvalue weighted by Crippen LogP contribution is -2.47. The molecule has 0 aromatic rings. The molecule has 2 N–H and O–H groups in total. The molecule has 0 spiro atoms. The number of nitrogens with one attached hydrogen (secondary N) is 1. The van der Waals surface area contributed by atoms with Crippen LogP contribution in [0.3, 0.4) is 0 Å². The summed E-state index contributed by atoms with van der Waals surface area (Å²) in [5.74, 6) is 0.774. The number of aliphatic hydroxyl groups excluding tert-OH is 1. The van der Waals surface area contributed by atoms with Gasteiger partial charge >= 0.3 is 0 Å². The van der Waals surface area contributed by atoms with Crippen LogP contribution in [-0.4, -0.2) is 36.5 Å². The number of hydrogen-bond acceptors (Lipinski definition) is 3. The highest BCUT2D eigenvalue weighted by molar-refractivity contribution is 4.84. The van der Waals surface area contributed by atoms with Crippen molar-refractivity contribution in [2.45, 2.75) is 64.5 Å². The van der Waals surface area contributed by atoms with E-state index in [9.17, 15) is 5.11 Å². The van der Waals surface area contributed by atoms with Crippen LogP contribution in [0.2, 0.25) is 0 Å². The first-order valence-electron chi connectivity index (χ1n) is 7.16. The molecule has 0 radical (unpaired) electrons. The Morgan fingerprint density at radius 2 is 1.82 bits per heavy atom. The number of β-amino-alcohol motifs (C(OH)–C–C–N with tert-alkyl or cyclic N) is 1. The predicted octanol–water partition coefficient (Wildman–Crippen LogP) is 2.33. The Morgan fingerprint density at radius 3 is 2.29 bits per heavy atom. The van der Waals surface area contributed by atoms with Crippen molar-refractivity contribution < 1.29 is 9.84 Å². The van der Waals surface area contributed by atoms with Gasteiger partial charge in [0.05, 0.1) is 12.7 Å². The van der Waals surface area contributed by atoms with Crippen LogP contribution in [0.4, 0.5) is 0 Å². The summed E-state index contributed by atoms with van der Waals surface area (Å²) in [6.07, 6.45) is 5.55. The quantitative estimate of drug-likeness (QED) is 0.619. The first-order valence-corrected chi connectivity index (χ1v) is 7.16. The SMILES string of the molecule is CCC(CC)(CC)NCC(O)COCC1CC1. The molecule has 17 heavy (non-hydrogen) atoms. The zero-order valence-corrected chi connectivity index (χ0v) is 11.7. The van der Waals surface area contributed by atoms with E-state index in [1.807, 2.05) is 0 Å². The molecule has 0 amide bonds. The van der Waals surface area contributed by atoms with Crippen LogP contribution in [0, 0.1) is 5.92 Å². The van der Waals surface area contributed by atoms with Gasteiger partial charge in [-0.1, -0.05) is 20.8 Å². The summed E-state index contributed by atoms with van der Waals surface area (Å²) in [6, 6.07) is 0. The fraction of sp³-hybridized carbons (Fsp3) is 1.00. The average Bonchev–Trinajstić information content (AvgIpc) is 3.16. The van der Waals surface area contributed by atoms with Crippen molar-refractivity contribution in [1.82, 2.24) is 5.32 Å². The maximum absolute atomic E-state index is 9.84. The van der Waals surface area contributed by atoms with Gasteiger partial charge in [-0.15, -0.1) is 0 Å². The third-order valence-corrected chi connectivity index (χ3v) is 4.10. The van der Waals surface area contributed by atoms with E-state index in [0.29, 0.717) is 13.2 Å². The fourth-order valence-electron chi connectivity index (χ4n) is 2.17. The monoisotopic (exact) mass is 243 g/mol. The van der Waals surface area contributed by atoms with E-state index in [4.69, 9.17) is 4.74 Å². The summed E-state index contributed by atoms with van der Waals surface area (Å²) in [5.41, 5.74) is 0.192. The van der Waals surface area contributed by atoms with Crippen molar-refractivity contribution in [3.8, 4) is 0 Å². The van der Waals surface area contributed by atoms with Crippen molar-refractivity contribution in [2.75, 3.05) is 19.8 Å². The van der Waals surface area contributed by atoms with E-state index in [1.54, 1.807) is 0 Å². The Kier molecular flexibility index (Phi) is 6.45. The number of hydrogen-bond donors (Lipinski definition) is 2. The first kappa shape index (κ1) is 14.9. The zero-order chi connectivity index (χ0) is 12.7. The molecule has 0 aromatic heterocycles.